The molecule has 0 saturated heterocycles. The molecule has 1 radical (unpaired) electrons. The summed E-state index contributed by atoms with van der Waals surface area (Å²) < 4.78 is 5.25. The summed E-state index contributed by atoms with van der Waals surface area (Å²) in [5.74, 6) is 0.535. The van der Waals surface area contributed by atoms with Gasteiger partial charge in [-0.3, -0.25) is 4.79 Å². The molecule has 0 N–H and O–H groups in total. The fourth-order valence-electron chi connectivity index (χ4n) is 2.25. The minimum atomic E-state index is -0.112. The number of esters is 1. The number of unbranched alkanes of at least 4 members (excludes halogenated alkanes) is 8. The van der Waals surface area contributed by atoms with Crippen LogP contribution in [0.3, 0.4) is 0 Å². The van der Waals surface area contributed by atoms with Crippen LogP contribution >= 0.6 is 0 Å². The molecule has 0 aliphatic rings. The second-order valence-electron chi connectivity index (χ2n) is 5.37. The fraction of sp³-hybridized carbons (Fsp3) is 0.611. The summed E-state index contributed by atoms with van der Waals surface area (Å²) >= 11 is 0. The van der Waals surface area contributed by atoms with Crippen LogP contribution in [-0.2, 0) is 4.79 Å². The van der Waals surface area contributed by atoms with Gasteiger partial charge in [0.05, 0.1) is 0 Å². The van der Waals surface area contributed by atoms with Gasteiger partial charge in [-0.15, -0.1) is 0 Å². The maximum absolute atomic E-state index is 11.6. The maximum Gasteiger partial charge on any atom is 0.311 e. The first kappa shape index (κ1) is 21.3. The second kappa shape index (κ2) is 15.2. The van der Waals surface area contributed by atoms with E-state index in [9.17, 15) is 4.79 Å². The standard InChI is InChI=1S/C18H28O2.K/c1-2-3-4-5-6-7-8-9-13-16-18(19)20-17-14-11-10-12-15-17;/h10-12,14-15H,2-9,13,16H2,1H3;. The van der Waals surface area contributed by atoms with Crippen LogP contribution in [0, 0.1) is 0 Å². The van der Waals surface area contributed by atoms with Gasteiger partial charge in [-0.1, -0.05) is 76.5 Å². The normalized spacial score (nSPS) is 9.95. The number of hydrogen-bond donors (Lipinski definition) is 0. The Morgan fingerprint density at radius 3 is 1.95 bits per heavy atom. The molecule has 0 bridgehead atoms. The van der Waals surface area contributed by atoms with Crippen LogP contribution in [0.2, 0.25) is 0 Å². The number of carbonyl (C=O) groups excluding carboxylic acids is 1. The number of hydrogen-bond acceptors (Lipinski definition) is 2. The quantitative estimate of drug-likeness (QED) is 0.245. The van der Waals surface area contributed by atoms with Crippen molar-refractivity contribution in [3.63, 3.8) is 0 Å². The maximum atomic E-state index is 11.6. The summed E-state index contributed by atoms with van der Waals surface area (Å²) in [6, 6.07) is 9.29. The van der Waals surface area contributed by atoms with Gasteiger partial charge in [0, 0.05) is 57.8 Å². The van der Waals surface area contributed by atoms with Crippen molar-refractivity contribution in [3.8, 4) is 5.75 Å². The average molecular weight is 316 g/mol. The Morgan fingerprint density at radius 2 is 1.38 bits per heavy atom. The van der Waals surface area contributed by atoms with Crippen molar-refractivity contribution in [2.45, 2.75) is 71.1 Å². The molecule has 0 fully saturated rings. The van der Waals surface area contributed by atoms with E-state index in [0.29, 0.717) is 12.2 Å². The molecule has 1 rings (SSSR count). The number of carbonyl (C=O) groups is 1. The SMILES string of the molecule is CCCCCCCCCCCC(=O)Oc1ccccc1.[K]. The van der Waals surface area contributed by atoms with Crippen LogP contribution in [0.5, 0.6) is 5.75 Å². The van der Waals surface area contributed by atoms with Crippen LogP contribution in [0.4, 0.5) is 0 Å². The topological polar surface area (TPSA) is 26.3 Å². The molecule has 2 nitrogen and oxygen atoms in total. The van der Waals surface area contributed by atoms with E-state index in [2.05, 4.69) is 6.92 Å². The molecule has 0 spiro atoms. The van der Waals surface area contributed by atoms with Gasteiger partial charge in [0.2, 0.25) is 0 Å². The predicted octanol–water partition coefficient (Wildman–Crippen LogP) is 5.13. The van der Waals surface area contributed by atoms with Gasteiger partial charge < -0.3 is 4.74 Å². The number of para-hydroxylation sites is 1. The van der Waals surface area contributed by atoms with Crippen molar-refractivity contribution in [1.29, 1.82) is 0 Å². The van der Waals surface area contributed by atoms with Gasteiger partial charge in [0.1, 0.15) is 5.75 Å². The van der Waals surface area contributed by atoms with Gasteiger partial charge >= 0.3 is 5.97 Å². The molecule has 0 aromatic heterocycles. The molecule has 3 heteroatoms. The Balaban J connectivity index is 0.00000400. The summed E-state index contributed by atoms with van der Waals surface area (Å²) in [6.07, 6.45) is 11.9. The Hall–Kier alpha value is 0.326. The minimum absolute atomic E-state index is 0. The van der Waals surface area contributed by atoms with E-state index in [1.165, 1.54) is 44.9 Å². The van der Waals surface area contributed by atoms with E-state index in [0.717, 1.165) is 12.8 Å². The smallest absolute Gasteiger partial charge is 0.311 e. The monoisotopic (exact) mass is 315 g/mol. The molecule has 0 saturated carbocycles. The predicted molar refractivity (Wildman–Crippen MR) is 89.7 cm³/mol. The molecule has 0 unspecified atom stereocenters. The number of rotatable bonds is 11. The third kappa shape index (κ3) is 12.5. The third-order valence-electron chi connectivity index (χ3n) is 3.46. The van der Waals surface area contributed by atoms with Crippen LogP contribution in [0.15, 0.2) is 30.3 Å². The third-order valence-corrected chi connectivity index (χ3v) is 3.46. The zero-order valence-electron chi connectivity index (χ0n) is 13.8. The van der Waals surface area contributed by atoms with Crippen molar-refractivity contribution in [3.05, 3.63) is 30.3 Å². The van der Waals surface area contributed by atoms with Gasteiger partial charge in [-0.25, -0.2) is 0 Å². The van der Waals surface area contributed by atoms with Gasteiger partial charge in [0.15, 0.2) is 0 Å². The molecule has 1 aromatic carbocycles. The molecule has 113 valence electrons. The van der Waals surface area contributed by atoms with E-state index in [1.807, 2.05) is 30.3 Å². The Bertz CT molecular complexity index is 351. The minimum Gasteiger partial charge on any atom is -0.427 e. The Morgan fingerprint density at radius 1 is 0.857 bits per heavy atom. The zero-order chi connectivity index (χ0) is 14.5. The molecule has 0 amide bonds. The molecule has 0 atom stereocenters. The van der Waals surface area contributed by atoms with Crippen LogP contribution in [0.25, 0.3) is 0 Å². The molecular weight excluding hydrogens is 287 g/mol. The van der Waals surface area contributed by atoms with E-state index >= 15 is 0 Å². The van der Waals surface area contributed by atoms with Crippen LogP contribution in [-0.4, -0.2) is 57.4 Å². The Labute approximate surface area is 172 Å². The molecule has 21 heavy (non-hydrogen) atoms. The first-order valence-electron chi connectivity index (χ1n) is 8.08. The summed E-state index contributed by atoms with van der Waals surface area (Å²) in [5.41, 5.74) is 0. The number of ether oxygens (including phenoxy) is 1. The largest absolute Gasteiger partial charge is 0.427 e. The first-order valence-corrected chi connectivity index (χ1v) is 8.08. The summed E-state index contributed by atoms with van der Waals surface area (Å²) in [7, 11) is 0. The second-order valence-corrected chi connectivity index (χ2v) is 5.37. The first-order chi connectivity index (χ1) is 9.83. The molecule has 0 aliphatic heterocycles. The molecule has 0 heterocycles. The van der Waals surface area contributed by atoms with Crippen molar-refractivity contribution < 1.29 is 9.53 Å². The van der Waals surface area contributed by atoms with Gasteiger partial charge in [0.25, 0.3) is 0 Å². The van der Waals surface area contributed by atoms with Gasteiger partial charge in [-0.05, 0) is 18.6 Å². The Kier molecular flexibility index (Phi) is 15.5. The fourth-order valence-corrected chi connectivity index (χ4v) is 2.25. The molecule has 1 aromatic rings. The van der Waals surface area contributed by atoms with Crippen molar-refractivity contribution in [2.75, 3.05) is 0 Å². The summed E-state index contributed by atoms with van der Waals surface area (Å²) in [4.78, 5) is 11.6. The van der Waals surface area contributed by atoms with E-state index in [1.54, 1.807) is 0 Å². The van der Waals surface area contributed by atoms with E-state index < -0.39 is 0 Å². The van der Waals surface area contributed by atoms with Crippen LogP contribution < -0.4 is 4.74 Å². The summed E-state index contributed by atoms with van der Waals surface area (Å²) in [5, 5.41) is 0. The van der Waals surface area contributed by atoms with Crippen molar-refractivity contribution in [2.24, 2.45) is 0 Å². The zero-order valence-corrected chi connectivity index (χ0v) is 16.9. The van der Waals surface area contributed by atoms with Crippen LogP contribution in [0.1, 0.15) is 71.1 Å². The molecule has 0 aliphatic carbocycles. The number of benzene rings is 1. The van der Waals surface area contributed by atoms with Gasteiger partial charge in [-0.2, -0.15) is 0 Å². The molecular formula is C18H28KO2. The van der Waals surface area contributed by atoms with E-state index in [4.69, 9.17) is 4.74 Å². The van der Waals surface area contributed by atoms with E-state index in [-0.39, 0.29) is 57.4 Å². The average Bonchev–Trinajstić information content (AvgIpc) is 2.46. The summed E-state index contributed by atoms with van der Waals surface area (Å²) in [6.45, 7) is 2.24. The van der Waals surface area contributed by atoms with Crippen molar-refractivity contribution >= 4 is 57.4 Å². The van der Waals surface area contributed by atoms with Crippen molar-refractivity contribution in [1.82, 2.24) is 0 Å².